The fourth-order valence-electron chi connectivity index (χ4n) is 1.84. The Balaban J connectivity index is 2.41. The van der Waals surface area contributed by atoms with E-state index in [1.165, 1.54) is 0 Å². The molecule has 0 N–H and O–H groups in total. The molecule has 5 nitrogen and oxygen atoms in total. The monoisotopic (exact) mass is 258 g/mol. The standard InChI is InChI=1S/C14H18N4O/c1-4-9-18(2)14-12(19-3)10-16-13(17-14)11-7-5-6-8-15-11/h5-8,10H,4,9H2,1-3H3. The Bertz CT molecular complexity index is 530. The van der Waals surface area contributed by atoms with E-state index in [0.29, 0.717) is 11.6 Å². The molecule has 0 spiro atoms. The maximum atomic E-state index is 5.32. The summed E-state index contributed by atoms with van der Waals surface area (Å²) in [6, 6.07) is 5.69. The van der Waals surface area contributed by atoms with Crippen molar-refractivity contribution in [2.45, 2.75) is 13.3 Å². The van der Waals surface area contributed by atoms with E-state index in [4.69, 9.17) is 4.74 Å². The largest absolute Gasteiger partial charge is 0.491 e. The molecule has 100 valence electrons. The predicted octanol–water partition coefficient (Wildman–Crippen LogP) is 2.39. The molecule has 0 aliphatic rings. The third-order valence-electron chi connectivity index (χ3n) is 2.77. The number of pyridine rings is 1. The van der Waals surface area contributed by atoms with Crippen molar-refractivity contribution in [2.75, 3.05) is 25.6 Å². The summed E-state index contributed by atoms with van der Waals surface area (Å²) in [6.45, 7) is 3.04. The third-order valence-corrected chi connectivity index (χ3v) is 2.77. The van der Waals surface area contributed by atoms with Crippen LogP contribution >= 0.6 is 0 Å². The molecule has 0 aromatic carbocycles. The van der Waals surface area contributed by atoms with Crippen LogP contribution in [0.25, 0.3) is 11.5 Å². The van der Waals surface area contributed by atoms with Gasteiger partial charge in [0, 0.05) is 19.8 Å². The van der Waals surface area contributed by atoms with Crippen molar-refractivity contribution in [3.05, 3.63) is 30.6 Å². The van der Waals surface area contributed by atoms with Gasteiger partial charge in [0.15, 0.2) is 17.4 Å². The number of hydrogen-bond acceptors (Lipinski definition) is 5. The zero-order valence-electron chi connectivity index (χ0n) is 11.5. The van der Waals surface area contributed by atoms with Crippen molar-refractivity contribution in [2.24, 2.45) is 0 Å². The van der Waals surface area contributed by atoms with Gasteiger partial charge in [-0.15, -0.1) is 0 Å². The zero-order valence-corrected chi connectivity index (χ0v) is 11.5. The topological polar surface area (TPSA) is 51.1 Å². The van der Waals surface area contributed by atoms with Gasteiger partial charge in [0.1, 0.15) is 5.69 Å². The Kier molecular flexibility index (Phi) is 4.28. The van der Waals surface area contributed by atoms with Crippen LogP contribution in [0.15, 0.2) is 30.6 Å². The van der Waals surface area contributed by atoms with E-state index in [9.17, 15) is 0 Å². The quantitative estimate of drug-likeness (QED) is 0.824. The molecule has 5 heteroatoms. The minimum absolute atomic E-state index is 0.611. The minimum Gasteiger partial charge on any atom is -0.491 e. The predicted molar refractivity (Wildman–Crippen MR) is 75.4 cm³/mol. The maximum Gasteiger partial charge on any atom is 0.180 e. The number of nitrogens with zero attached hydrogens (tertiary/aromatic N) is 4. The van der Waals surface area contributed by atoms with Crippen molar-refractivity contribution >= 4 is 5.82 Å². The van der Waals surface area contributed by atoms with Gasteiger partial charge in [-0.1, -0.05) is 13.0 Å². The molecule has 0 aliphatic heterocycles. The Morgan fingerprint density at radius 2 is 2.11 bits per heavy atom. The molecule has 0 bridgehead atoms. The van der Waals surface area contributed by atoms with Gasteiger partial charge >= 0.3 is 0 Å². The number of hydrogen-bond donors (Lipinski definition) is 0. The molecule has 0 aliphatic carbocycles. The Hall–Kier alpha value is -2.17. The highest BCUT2D eigenvalue weighted by atomic mass is 16.5. The number of ether oxygens (including phenoxy) is 1. The summed E-state index contributed by atoms with van der Waals surface area (Å²) in [5, 5.41) is 0. The Morgan fingerprint density at radius 3 is 2.74 bits per heavy atom. The molecular weight excluding hydrogens is 240 g/mol. The van der Waals surface area contributed by atoms with Gasteiger partial charge in [-0.2, -0.15) is 0 Å². The summed E-state index contributed by atoms with van der Waals surface area (Å²) in [7, 11) is 3.62. The van der Waals surface area contributed by atoms with Crippen molar-refractivity contribution in [1.82, 2.24) is 15.0 Å². The van der Waals surface area contributed by atoms with Crippen LogP contribution < -0.4 is 9.64 Å². The highest BCUT2D eigenvalue weighted by molar-refractivity contribution is 5.58. The summed E-state index contributed by atoms with van der Waals surface area (Å²) in [4.78, 5) is 15.2. The number of aromatic nitrogens is 3. The van der Waals surface area contributed by atoms with Crippen LogP contribution in [0, 0.1) is 0 Å². The number of anilines is 1. The first-order valence-electron chi connectivity index (χ1n) is 6.29. The van der Waals surface area contributed by atoms with E-state index in [1.54, 1.807) is 19.5 Å². The smallest absolute Gasteiger partial charge is 0.180 e. The summed E-state index contributed by atoms with van der Waals surface area (Å²) in [5.41, 5.74) is 0.760. The lowest BCUT2D eigenvalue weighted by Gasteiger charge is -2.19. The second-order valence-corrected chi connectivity index (χ2v) is 4.22. The molecule has 0 fully saturated rings. The van der Waals surface area contributed by atoms with Gasteiger partial charge in [-0.3, -0.25) is 4.98 Å². The van der Waals surface area contributed by atoms with Crippen LogP contribution in [0.3, 0.4) is 0 Å². The lowest BCUT2D eigenvalue weighted by atomic mass is 10.3. The van der Waals surface area contributed by atoms with Gasteiger partial charge in [-0.05, 0) is 18.6 Å². The summed E-state index contributed by atoms with van der Waals surface area (Å²) in [5.74, 6) is 2.08. The fourth-order valence-corrected chi connectivity index (χ4v) is 1.84. The van der Waals surface area contributed by atoms with Crippen molar-refractivity contribution in [3.8, 4) is 17.3 Å². The first-order valence-corrected chi connectivity index (χ1v) is 6.29. The van der Waals surface area contributed by atoms with E-state index < -0.39 is 0 Å². The van der Waals surface area contributed by atoms with Gasteiger partial charge < -0.3 is 9.64 Å². The number of methoxy groups -OCH3 is 1. The summed E-state index contributed by atoms with van der Waals surface area (Å²) < 4.78 is 5.32. The van der Waals surface area contributed by atoms with E-state index >= 15 is 0 Å². The van der Waals surface area contributed by atoms with Gasteiger partial charge in [-0.25, -0.2) is 9.97 Å². The molecule has 2 heterocycles. The van der Waals surface area contributed by atoms with E-state index in [-0.39, 0.29) is 0 Å². The van der Waals surface area contributed by atoms with Crippen LogP contribution in [-0.4, -0.2) is 35.7 Å². The van der Waals surface area contributed by atoms with Crippen LogP contribution in [0.1, 0.15) is 13.3 Å². The Labute approximate surface area is 113 Å². The van der Waals surface area contributed by atoms with Crippen LogP contribution in [0.2, 0.25) is 0 Å². The van der Waals surface area contributed by atoms with Crippen molar-refractivity contribution in [1.29, 1.82) is 0 Å². The SMILES string of the molecule is CCCN(C)c1nc(-c2ccccn2)ncc1OC. The van der Waals surface area contributed by atoms with E-state index in [2.05, 4.69) is 26.8 Å². The molecule has 2 rings (SSSR count). The van der Waals surface area contributed by atoms with E-state index in [0.717, 1.165) is 24.5 Å². The lowest BCUT2D eigenvalue weighted by Crippen LogP contribution is -2.20. The van der Waals surface area contributed by atoms with Crippen LogP contribution in [0.4, 0.5) is 5.82 Å². The minimum atomic E-state index is 0.611. The molecule has 0 unspecified atom stereocenters. The molecule has 0 amide bonds. The molecule has 2 aromatic heterocycles. The average molecular weight is 258 g/mol. The average Bonchev–Trinajstić information content (AvgIpc) is 2.47. The van der Waals surface area contributed by atoms with Crippen LogP contribution in [-0.2, 0) is 0 Å². The van der Waals surface area contributed by atoms with Crippen molar-refractivity contribution in [3.63, 3.8) is 0 Å². The third kappa shape index (κ3) is 2.99. The first-order chi connectivity index (χ1) is 9.26. The molecule has 2 aromatic rings. The zero-order chi connectivity index (χ0) is 13.7. The summed E-state index contributed by atoms with van der Waals surface area (Å²) in [6.07, 6.45) is 4.47. The normalized spacial score (nSPS) is 10.3. The first kappa shape index (κ1) is 13.3. The maximum absolute atomic E-state index is 5.32. The summed E-state index contributed by atoms with van der Waals surface area (Å²) >= 11 is 0. The Morgan fingerprint density at radius 1 is 1.26 bits per heavy atom. The number of rotatable bonds is 5. The molecular formula is C14H18N4O. The van der Waals surface area contributed by atoms with Gasteiger partial charge in [0.2, 0.25) is 0 Å². The van der Waals surface area contributed by atoms with Gasteiger partial charge in [0.05, 0.1) is 13.3 Å². The molecule has 0 saturated heterocycles. The molecule has 0 atom stereocenters. The highest BCUT2D eigenvalue weighted by Gasteiger charge is 2.13. The second-order valence-electron chi connectivity index (χ2n) is 4.22. The highest BCUT2D eigenvalue weighted by Crippen LogP contribution is 2.26. The molecule has 0 radical (unpaired) electrons. The lowest BCUT2D eigenvalue weighted by molar-refractivity contribution is 0.411. The second kappa shape index (κ2) is 6.13. The fraction of sp³-hybridized carbons (Fsp3) is 0.357. The molecule has 19 heavy (non-hydrogen) atoms. The van der Waals surface area contributed by atoms with Crippen molar-refractivity contribution < 1.29 is 4.74 Å². The van der Waals surface area contributed by atoms with Gasteiger partial charge in [0.25, 0.3) is 0 Å². The van der Waals surface area contributed by atoms with Crippen LogP contribution in [0.5, 0.6) is 5.75 Å². The molecule has 0 saturated carbocycles. The van der Waals surface area contributed by atoms with E-state index in [1.807, 2.05) is 25.2 Å².